The maximum absolute atomic E-state index is 14.2. The molecule has 1 aliphatic rings. The van der Waals surface area contributed by atoms with E-state index in [1.165, 1.54) is 38.7 Å². The number of nitrogens with two attached hydrogens (primary N) is 1. The molecule has 1 aromatic heterocycles. The van der Waals surface area contributed by atoms with Gasteiger partial charge in [-0.3, -0.25) is 33.8 Å². The minimum absolute atomic E-state index is 0.000387. The van der Waals surface area contributed by atoms with Crippen LogP contribution in [-0.2, 0) is 48.4 Å². The molecule has 270 valence electrons. The molecule has 14 heteroatoms. The number of rotatable bonds is 17. The van der Waals surface area contributed by atoms with Gasteiger partial charge in [-0.2, -0.15) is 0 Å². The summed E-state index contributed by atoms with van der Waals surface area (Å²) in [4.78, 5) is 88.3. The van der Waals surface area contributed by atoms with Crippen LogP contribution in [0.4, 0.5) is 0 Å². The molecule has 4 rings (SSSR count). The number of nitrogens with zero attached hydrogens (tertiary/aromatic N) is 5. The van der Waals surface area contributed by atoms with Crippen molar-refractivity contribution in [2.24, 2.45) is 5.73 Å². The number of phenols is 1. The Bertz CT molecular complexity index is 1650. The van der Waals surface area contributed by atoms with Gasteiger partial charge in [0.15, 0.2) is 0 Å². The summed E-state index contributed by atoms with van der Waals surface area (Å²) < 4.78 is 0. The van der Waals surface area contributed by atoms with Crippen LogP contribution >= 0.6 is 0 Å². The highest BCUT2D eigenvalue weighted by Gasteiger charge is 2.32. The minimum atomic E-state index is -0.719. The van der Waals surface area contributed by atoms with Crippen molar-refractivity contribution in [3.8, 4) is 5.75 Å². The summed E-state index contributed by atoms with van der Waals surface area (Å²) in [5, 5.41) is 12.3. The molecule has 2 aromatic carbocycles. The number of carbonyl (C=O) groups excluding carboxylic acids is 6. The Morgan fingerprint density at radius 2 is 1.24 bits per heavy atom. The molecule has 0 unspecified atom stereocenters. The Labute approximate surface area is 297 Å². The lowest BCUT2D eigenvalue weighted by Gasteiger charge is -2.33. The van der Waals surface area contributed by atoms with E-state index < -0.39 is 42.6 Å². The highest BCUT2D eigenvalue weighted by atomic mass is 16.3. The van der Waals surface area contributed by atoms with Gasteiger partial charge in [0.05, 0.1) is 13.1 Å². The molecule has 3 aromatic rings. The number of aromatic hydroxyl groups is 1. The van der Waals surface area contributed by atoms with E-state index in [0.29, 0.717) is 24.0 Å². The van der Waals surface area contributed by atoms with Crippen LogP contribution in [0.1, 0.15) is 49.3 Å². The third-order valence-electron chi connectivity index (χ3n) is 8.56. The Morgan fingerprint density at radius 3 is 1.78 bits per heavy atom. The number of pyridine rings is 1. The first-order valence-electron chi connectivity index (χ1n) is 16.8. The fourth-order valence-electron chi connectivity index (χ4n) is 5.93. The van der Waals surface area contributed by atoms with Crippen LogP contribution < -0.4 is 11.1 Å². The highest BCUT2D eigenvalue weighted by Crippen LogP contribution is 2.24. The molecule has 0 spiro atoms. The lowest BCUT2D eigenvalue weighted by Crippen LogP contribution is -2.52. The maximum Gasteiger partial charge on any atom is 0.242 e. The van der Waals surface area contributed by atoms with Gasteiger partial charge >= 0.3 is 0 Å². The van der Waals surface area contributed by atoms with Crippen LogP contribution in [-0.4, -0.2) is 104 Å². The highest BCUT2D eigenvalue weighted by molar-refractivity contribution is 5.92. The summed E-state index contributed by atoms with van der Waals surface area (Å²) in [5.41, 5.74) is 7.51. The van der Waals surface area contributed by atoms with Gasteiger partial charge in [0.25, 0.3) is 0 Å². The van der Waals surface area contributed by atoms with Crippen LogP contribution in [0.2, 0.25) is 0 Å². The van der Waals surface area contributed by atoms with Crippen molar-refractivity contribution < 1.29 is 33.9 Å². The quantitative estimate of drug-likeness (QED) is 0.189. The van der Waals surface area contributed by atoms with E-state index in [-0.39, 0.29) is 57.0 Å². The van der Waals surface area contributed by atoms with Gasteiger partial charge in [0, 0.05) is 45.0 Å². The zero-order chi connectivity index (χ0) is 36.8. The third-order valence-corrected chi connectivity index (χ3v) is 8.56. The minimum Gasteiger partial charge on any atom is -0.508 e. The molecule has 0 saturated heterocycles. The number of phenolic OH excluding ortho intramolecular Hbond substituents is 1. The second kappa shape index (κ2) is 18.8. The van der Waals surface area contributed by atoms with Crippen LogP contribution in [0.15, 0.2) is 79.1 Å². The van der Waals surface area contributed by atoms with E-state index in [1.54, 1.807) is 60.9 Å². The normalized spacial score (nSPS) is 12.5. The molecule has 0 atom stereocenters. The summed E-state index contributed by atoms with van der Waals surface area (Å²) in [6, 6.07) is 18.5. The van der Waals surface area contributed by atoms with Crippen LogP contribution in [0.5, 0.6) is 5.75 Å². The van der Waals surface area contributed by atoms with Crippen molar-refractivity contribution in [2.45, 2.75) is 58.3 Å². The number of hydrogen-bond acceptors (Lipinski definition) is 8. The van der Waals surface area contributed by atoms with Gasteiger partial charge in [-0.05, 0) is 47.7 Å². The molecule has 0 bridgehead atoms. The molecular formula is C37H45N7O7. The van der Waals surface area contributed by atoms with Gasteiger partial charge in [0.2, 0.25) is 35.4 Å². The number of hydrogen-bond donors (Lipinski definition) is 3. The van der Waals surface area contributed by atoms with E-state index in [4.69, 9.17) is 5.73 Å². The van der Waals surface area contributed by atoms with Gasteiger partial charge in [-0.25, -0.2) is 0 Å². The van der Waals surface area contributed by atoms with Crippen molar-refractivity contribution in [3.63, 3.8) is 0 Å². The molecule has 1 fully saturated rings. The van der Waals surface area contributed by atoms with Crippen LogP contribution in [0.25, 0.3) is 0 Å². The van der Waals surface area contributed by atoms with E-state index in [0.717, 1.165) is 18.4 Å². The Kier molecular flexibility index (Phi) is 14.0. The largest absolute Gasteiger partial charge is 0.508 e. The van der Waals surface area contributed by atoms with Gasteiger partial charge < -0.3 is 35.8 Å². The van der Waals surface area contributed by atoms with Gasteiger partial charge in [0.1, 0.15) is 25.4 Å². The summed E-state index contributed by atoms with van der Waals surface area (Å²) in [5.74, 6) is -3.06. The second-order valence-electron chi connectivity index (χ2n) is 12.6. The maximum atomic E-state index is 14.2. The average Bonchev–Trinajstić information content (AvgIpc) is 3.65. The number of carbonyl (C=O) groups is 6. The standard InChI is InChI=1S/C37H45N7O7/c1-27(45)40-19-34(48)44(31-11-5-6-12-31)26-37(51)43(22-30-10-7-17-39-18-30)25-36(50)42(21-29-13-15-32(46)16-14-29)24-35(49)41(23-33(38)47)20-28-8-3-2-4-9-28/h2-4,7-10,13-18,31,46H,5-6,11-12,19-26H2,1H3,(H2,38,47)(H,40,45). The molecule has 51 heavy (non-hydrogen) atoms. The summed E-state index contributed by atoms with van der Waals surface area (Å²) >= 11 is 0. The SMILES string of the molecule is CC(=O)NCC(=O)N(CC(=O)N(CC(=O)N(CC(=O)N(CC(N)=O)Cc1ccccc1)Cc1ccc(O)cc1)Cc1cccnc1)C1CCCC1. The number of benzene rings is 2. The van der Waals surface area contributed by atoms with Crippen molar-refractivity contribution in [1.29, 1.82) is 0 Å². The summed E-state index contributed by atoms with van der Waals surface area (Å²) in [6.07, 6.45) is 6.39. The van der Waals surface area contributed by atoms with Gasteiger partial charge in [-0.1, -0.05) is 61.4 Å². The Hall–Kier alpha value is -5.79. The van der Waals surface area contributed by atoms with E-state index in [1.807, 2.05) is 6.07 Å². The Balaban J connectivity index is 1.60. The first-order valence-corrected chi connectivity index (χ1v) is 16.8. The number of primary amides is 1. The van der Waals surface area contributed by atoms with E-state index in [2.05, 4.69) is 10.3 Å². The molecule has 1 heterocycles. The molecule has 1 aliphatic carbocycles. The van der Waals surface area contributed by atoms with Crippen molar-refractivity contribution in [1.82, 2.24) is 29.9 Å². The number of amides is 6. The molecular weight excluding hydrogens is 654 g/mol. The predicted octanol–water partition coefficient (Wildman–Crippen LogP) is 1.57. The average molecular weight is 700 g/mol. The van der Waals surface area contributed by atoms with Crippen LogP contribution in [0.3, 0.4) is 0 Å². The molecule has 4 N–H and O–H groups in total. The Morgan fingerprint density at radius 1 is 0.706 bits per heavy atom. The fraction of sp³-hybridized carbons (Fsp3) is 0.378. The number of nitrogens with one attached hydrogen (secondary N) is 1. The zero-order valence-corrected chi connectivity index (χ0v) is 28.8. The summed E-state index contributed by atoms with van der Waals surface area (Å²) in [6.45, 7) is -0.459. The molecule has 0 radical (unpaired) electrons. The van der Waals surface area contributed by atoms with Crippen molar-refractivity contribution >= 4 is 35.4 Å². The van der Waals surface area contributed by atoms with Crippen molar-refractivity contribution in [3.05, 3.63) is 95.8 Å². The van der Waals surface area contributed by atoms with E-state index in [9.17, 15) is 33.9 Å². The zero-order valence-electron chi connectivity index (χ0n) is 28.8. The summed E-state index contributed by atoms with van der Waals surface area (Å²) in [7, 11) is 0. The lowest BCUT2D eigenvalue weighted by atomic mass is 10.1. The first kappa shape index (κ1) is 38.0. The smallest absolute Gasteiger partial charge is 0.242 e. The van der Waals surface area contributed by atoms with Gasteiger partial charge in [-0.15, -0.1) is 0 Å². The second-order valence-corrected chi connectivity index (χ2v) is 12.6. The first-order chi connectivity index (χ1) is 24.5. The predicted molar refractivity (Wildman–Crippen MR) is 187 cm³/mol. The lowest BCUT2D eigenvalue weighted by molar-refractivity contribution is -0.148. The van der Waals surface area contributed by atoms with Crippen LogP contribution in [0, 0.1) is 0 Å². The molecule has 14 nitrogen and oxygen atoms in total. The number of aromatic nitrogens is 1. The molecule has 6 amide bonds. The monoisotopic (exact) mass is 699 g/mol. The fourth-order valence-corrected chi connectivity index (χ4v) is 5.93. The van der Waals surface area contributed by atoms with E-state index >= 15 is 0 Å². The molecule has 0 aliphatic heterocycles. The molecule has 1 saturated carbocycles. The third kappa shape index (κ3) is 12.2. The topological polar surface area (TPSA) is 187 Å². The van der Waals surface area contributed by atoms with Crippen molar-refractivity contribution in [2.75, 3.05) is 32.7 Å².